The summed E-state index contributed by atoms with van der Waals surface area (Å²) in [5.74, 6) is 0. The highest BCUT2D eigenvalue weighted by Gasteiger charge is 2.19. The molecule has 2 aromatic rings. The Balaban J connectivity index is 2.27. The molecule has 0 atom stereocenters. The van der Waals surface area contributed by atoms with Crippen molar-refractivity contribution in [2.75, 3.05) is 0 Å². The van der Waals surface area contributed by atoms with E-state index in [9.17, 15) is 0 Å². The van der Waals surface area contributed by atoms with Crippen LogP contribution in [0.25, 0.3) is 0 Å². The van der Waals surface area contributed by atoms with E-state index in [0.717, 1.165) is 21.6 Å². The molecule has 2 rings (SSSR count). The van der Waals surface area contributed by atoms with Gasteiger partial charge in [-0.05, 0) is 36.7 Å². The first-order valence-electron chi connectivity index (χ1n) is 5.66. The topological polar surface area (TPSA) is 74.5 Å². The number of halogens is 1. The quantitative estimate of drug-likeness (QED) is 0.927. The average Bonchev–Trinajstić information content (AvgIpc) is 2.80. The van der Waals surface area contributed by atoms with Gasteiger partial charge in [0.2, 0.25) is 0 Å². The van der Waals surface area contributed by atoms with Gasteiger partial charge in [-0.2, -0.15) is 5.10 Å². The standard InChI is InChI=1S/C11H17BrN6/c1-7-10(12)8(17(4)15-7)5-18-6-9(14-16-18)11(2,3)13/h6H,5,13H2,1-4H3. The van der Waals surface area contributed by atoms with Crippen molar-refractivity contribution in [3.05, 3.63) is 27.8 Å². The van der Waals surface area contributed by atoms with Gasteiger partial charge in [-0.3, -0.25) is 4.68 Å². The average molecular weight is 313 g/mol. The van der Waals surface area contributed by atoms with Gasteiger partial charge in [0.15, 0.2) is 0 Å². The van der Waals surface area contributed by atoms with Crippen LogP contribution < -0.4 is 5.73 Å². The maximum absolute atomic E-state index is 5.98. The van der Waals surface area contributed by atoms with Crippen molar-refractivity contribution < 1.29 is 0 Å². The third-order valence-electron chi connectivity index (χ3n) is 2.77. The largest absolute Gasteiger partial charge is 0.320 e. The fraction of sp³-hybridized carbons (Fsp3) is 0.545. The third kappa shape index (κ3) is 2.46. The summed E-state index contributed by atoms with van der Waals surface area (Å²) >= 11 is 3.54. The van der Waals surface area contributed by atoms with Crippen LogP contribution in [0.15, 0.2) is 10.7 Å². The summed E-state index contributed by atoms with van der Waals surface area (Å²) in [6, 6.07) is 0. The molecule has 2 heterocycles. The second-order valence-corrected chi connectivity index (χ2v) is 5.79. The zero-order valence-electron chi connectivity index (χ0n) is 11.0. The highest BCUT2D eigenvalue weighted by Crippen LogP contribution is 2.21. The summed E-state index contributed by atoms with van der Waals surface area (Å²) in [6.45, 7) is 6.39. The molecule has 0 unspecified atom stereocenters. The predicted molar refractivity (Wildman–Crippen MR) is 72.0 cm³/mol. The SMILES string of the molecule is Cc1nn(C)c(Cn2cc(C(C)(C)N)nn2)c1Br. The van der Waals surface area contributed by atoms with Crippen molar-refractivity contribution >= 4 is 15.9 Å². The maximum atomic E-state index is 5.98. The molecule has 6 nitrogen and oxygen atoms in total. The molecule has 0 bridgehead atoms. The molecule has 0 saturated carbocycles. The van der Waals surface area contributed by atoms with Gasteiger partial charge in [0.1, 0.15) is 5.69 Å². The van der Waals surface area contributed by atoms with E-state index in [0.29, 0.717) is 6.54 Å². The van der Waals surface area contributed by atoms with Crippen molar-refractivity contribution in [3.63, 3.8) is 0 Å². The minimum absolute atomic E-state index is 0.474. The highest BCUT2D eigenvalue weighted by atomic mass is 79.9. The Morgan fingerprint density at radius 2 is 2.11 bits per heavy atom. The molecule has 0 saturated heterocycles. The zero-order chi connectivity index (χ0) is 13.5. The van der Waals surface area contributed by atoms with E-state index < -0.39 is 5.54 Å². The Labute approximate surface area is 114 Å². The van der Waals surface area contributed by atoms with Gasteiger partial charge in [0, 0.05) is 7.05 Å². The maximum Gasteiger partial charge on any atom is 0.102 e. The summed E-state index contributed by atoms with van der Waals surface area (Å²) < 4.78 is 4.62. The van der Waals surface area contributed by atoms with Gasteiger partial charge in [-0.1, -0.05) is 5.21 Å². The van der Waals surface area contributed by atoms with Crippen LogP contribution in [0.4, 0.5) is 0 Å². The fourth-order valence-corrected chi connectivity index (χ4v) is 2.14. The van der Waals surface area contributed by atoms with Gasteiger partial charge in [0.05, 0.1) is 34.1 Å². The lowest BCUT2D eigenvalue weighted by molar-refractivity contribution is 0.533. The Hall–Kier alpha value is -1.21. The summed E-state index contributed by atoms with van der Waals surface area (Å²) in [5.41, 5.74) is 8.31. The molecule has 0 aliphatic rings. The normalized spacial score (nSPS) is 12.1. The summed E-state index contributed by atoms with van der Waals surface area (Å²) in [6.07, 6.45) is 1.87. The summed E-state index contributed by atoms with van der Waals surface area (Å²) in [4.78, 5) is 0. The van der Waals surface area contributed by atoms with Gasteiger partial charge in [0.25, 0.3) is 0 Å². The number of hydrogen-bond donors (Lipinski definition) is 1. The van der Waals surface area contributed by atoms with Crippen molar-refractivity contribution in [3.8, 4) is 0 Å². The van der Waals surface area contributed by atoms with E-state index in [1.54, 1.807) is 4.68 Å². The first-order chi connectivity index (χ1) is 8.29. The Morgan fingerprint density at radius 3 is 2.56 bits per heavy atom. The van der Waals surface area contributed by atoms with Crippen molar-refractivity contribution in [2.45, 2.75) is 32.9 Å². The lowest BCUT2D eigenvalue weighted by Gasteiger charge is -2.13. The number of aromatic nitrogens is 5. The molecular formula is C11H17BrN6. The Bertz CT molecular complexity index is 563. The lowest BCUT2D eigenvalue weighted by Crippen LogP contribution is -2.29. The molecule has 0 amide bonds. The van der Waals surface area contributed by atoms with E-state index in [4.69, 9.17) is 5.73 Å². The van der Waals surface area contributed by atoms with Crippen LogP contribution in [0, 0.1) is 6.92 Å². The van der Waals surface area contributed by atoms with Crippen molar-refractivity contribution in [1.29, 1.82) is 0 Å². The van der Waals surface area contributed by atoms with Gasteiger partial charge < -0.3 is 5.73 Å². The van der Waals surface area contributed by atoms with E-state index in [1.807, 2.05) is 38.7 Å². The first-order valence-corrected chi connectivity index (χ1v) is 6.46. The van der Waals surface area contributed by atoms with E-state index in [1.165, 1.54) is 0 Å². The molecule has 7 heteroatoms. The molecule has 0 fully saturated rings. The van der Waals surface area contributed by atoms with Crippen LogP contribution in [0.3, 0.4) is 0 Å². The van der Waals surface area contributed by atoms with E-state index >= 15 is 0 Å². The molecule has 98 valence electrons. The minimum Gasteiger partial charge on any atom is -0.320 e. The summed E-state index contributed by atoms with van der Waals surface area (Å²) in [7, 11) is 1.91. The first kappa shape index (κ1) is 13.2. The molecule has 0 aliphatic heterocycles. The lowest BCUT2D eigenvalue weighted by atomic mass is 10.0. The zero-order valence-corrected chi connectivity index (χ0v) is 12.6. The van der Waals surface area contributed by atoms with Crippen LogP contribution in [0.1, 0.15) is 30.9 Å². The van der Waals surface area contributed by atoms with Crippen molar-refractivity contribution in [1.82, 2.24) is 24.8 Å². The van der Waals surface area contributed by atoms with Crippen LogP contribution in [0.2, 0.25) is 0 Å². The Morgan fingerprint density at radius 1 is 1.44 bits per heavy atom. The van der Waals surface area contributed by atoms with Gasteiger partial charge in [-0.25, -0.2) is 4.68 Å². The fourth-order valence-electron chi connectivity index (χ4n) is 1.68. The molecule has 2 N–H and O–H groups in total. The van der Waals surface area contributed by atoms with Crippen molar-refractivity contribution in [2.24, 2.45) is 12.8 Å². The van der Waals surface area contributed by atoms with E-state index in [2.05, 4.69) is 31.3 Å². The molecule has 0 spiro atoms. The molecule has 0 radical (unpaired) electrons. The van der Waals surface area contributed by atoms with Gasteiger partial charge >= 0.3 is 0 Å². The third-order valence-corrected chi connectivity index (χ3v) is 3.80. The number of rotatable bonds is 3. The summed E-state index contributed by atoms with van der Waals surface area (Å²) in [5, 5.41) is 12.5. The van der Waals surface area contributed by atoms with Gasteiger partial charge in [-0.15, -0.1) is 5.10 Å². The number of aryl methyl sites for hydroxylation is 2. The van der Waals surface area contributed by atoms with Crippen LogP contribution >= 0.6 is 15.9 Å². The van der Waals surface area contributed by atoms with Crippen LogP contribution in [-0.2, 0) is 19.1 Å². The second kappa shape index (κ2) is 4.47. The number of nitrogens with zero attached hydrogens (tertiary/aromatic N) is 5. The number of hydrogen-bond acceptors (Lipinski definition) is 4. The Kier molecular flexibility index (Phi) is 3.29. The molecule has 0 aliphatic carbocycles. The minimum atomic E-state index is -0.474. The predicted octanol–water partition coefficient (Wildman–Crippen LogP) is 1.32. The smallest absolute Gasteiger partial charge is 0.102 e. The molecule has 2 aromatic heterocycles. The molecular weight excluding hydrogens is 296 g/mol. The monoisotopic (exact) mass is 312 g/mol. The number of nitrogens with two attached hydrogens (primary N) is 1. The second-order valence-electron chi connectivity index (χ2n) is 4.99. The molecule has 18 heavy (non-hydrogen) atoms. The highest BCUT2D eigenvalue weighted by molar-refractivity contribution is 9.10. The molecule has 0 aromatic carbocycles. The van der Waals surface area contributed by atoms with E-state index in [-0.39, 0.29) is 0 Å². The van der Waals surface area contributed by atoms with Crippen LogP contribution in [-0.4, -0.2) is 24.8 Å². The van der Waals surface area contributed by atoms with Crippen LogP contribution in [0.5, 0.6) is 0 Å².